The first-order valence-electron chi connectivity index (χ1n) is 10.8. The van der Waals surface area contributed by atoms with Crippen LogP contribution in [0.2, 0.25) is 0 Å². The highest BCUT2D eigenvalue weighted by Gasteiger charge is 2.49. The summed E-state index contributed by atoms with van der Waals surface area (Å²) in [4.78, 5) is 51.5. The monoisotopic (exact) mass is 465 g/mol. The number of carbonyl (C=O) groups excluding carboxylic acids is 4. The third kappa shape index (κ3) is 5.45. The van der Waals surface area contributed by atoms with Gasteiger partial charge >= 0.3 is 12.0 Å². The number of amides is 4. The molecule has 10 heteroatoms. The van der Waals surface area contributed by atoms with Crippen LogP contribution in [0.5, 0.6) is 0 Å². The summed E-state index contributed by atoms with van der Waals surface area (Å²) in [5.41, 5.74) is 7.66. The Labute approximate surface area is 197 Å². The second-order valence-corrected chi connectivity index (χ2v) is 8.00. The van der Waals surface area contributed by atoms with E-state index in [0.717, 1.165) is 10.5 Å². The minimum absolute atomic E-state index is 0.0849. The zero-order valence-corrected chi connectivity index (χ0v) is 19.0. The molecule has 0 aliphatic carbocycles. The van der Waals surface area contributed by atoms with Crippen LogP contribution < -0.4 is 10.6 Å². The fourth-order valence-corrected chi connectivity index (χ4v) is 3.78. The molecular formula is C24H27N5O5. The summed E-state index contributed by atoms with van der Waals surface area (Å²) in [6, 6.07) is 14.4. The van der Waals surface area contributed by atoms with Gasteiger partial charge in [0.15, 0.2) is 0 Å². The average Bonchev–Trinajstić information content (AvgIpc) is 3.04. The zero-order valence-electron chi connectivity index (χ0n) is 19.0. The summed E-state index contributed by atoms with van der Waals surface area (Å²) >= 11 is 0. The van der Waals surface area contributed by atoms with E-state index in [-0.39, 0.29) is 19.6 Å². The van der Waals surface area contributed by atoms with Crippen molar-refractivity contribution in [3.05, 3.63) is 71.3 Å². The molecule has 34 heavy (non-hydrogen) atoms. The highest BCUT2D eigenvalue weighted by molar-refractivity contribution is 6.09. The summed E-state index contributed by atoms with van der Waals surface area (Å²) in [7, 11) is 0. The van der Waals surface area contributed by atoms with Crippen LogP contribution in [-0.4, -0.2) is 41.9 Å². The summed E-state index contributed by atoms with van der Waals surface area (Å²) < 4.78 is 5.01. The van der Waals surface area contributed by atoms with Crippen LogP contribution in [0.25, 0.3) is 0 Å². The minimum atomic E-state index is -1.34. The molecule has 2 atom stereocenters. The quantitative estimate of drug-likeness (QED) is 0.281. The number of hydrogen-bond acceptors (Lipinski definition) is 7. The van der Waals surface area contributed by atoms with Gasteiger partial charge in [0.1, 0.15) is 12.1 Å². The largest absolute Gasteiger partial charge is 0.466 e. The second kappa shape index (κ2) is 10.7. The van der Waals surface area contributed by atoms with Crippen molar-refractivity contribution in [2.45, 2.75) is 38.4 Å². The van der Waals surface area contributed by atoms with E-state index >= 15 is 0 Å². The van der Waals surface area contributed by atoms with E-state index in [4.69, 9.17) is 10.3 Å². The molecular weight excluding hydrogens is 438 g/mol. The molecule has 3 N–H and O–H groups in total. The van der Waals surface area contributed by atoms with Gasteiger partial charge in [0, 0.05) is 0 Å². The fraction of sp³-hybridized carbons (Fsp3) is 0.333. The third-order valence-electron chi connectivity index (χ3n) is 5.58. The minimum Gasteiger partial charge on any atom is -0.466 e. The van der Waals surface area contributed by atoms with E-state index in [1.54, 1.807) is 62.4 Å². The van der Waals surface area contributed by atoms with E-state index in [1.165, 1.54) is 0 Å². The molecule has 178 valence electrons. The number of benzene rings is 2. The van der Waals surface area contributed by atoms with Crippen molar-refractivity contribution < 1.29 is 23.9 Å². The van der Waals surface area contributed by atoms with E-state index < -0.39 is 41.9 Å². The Morgan fingerprint density at radius 2 is 1.82 bits per heavy atom. The van der Waals surface area contributed by atoms with Crippen molar-refractivity contribution in [2.75, 3.05) is 13.2 Å². The lowest BCUT2D eigenvalue weighted by Crippen LogP contribution is -2.44. The molecule has 1 fully saturated rings. The van der Waals surface area contributed by atoms with Gasteiger partial charge in [-0.15, -0.1) is 0 Å². The zero-order chi connectivity index (χ0) is 24.7. The molecule has 0 saturated carbocycles. The van der Waals surface area contributed by atoms with Crippen molar-refractivity contribution >= 4 is 23.8 Å². The van der Waals surface area contributed by atoms with Crippen LogP contribution in [0.4, 0.5) is 4.79 Å². The lowest BCUT2D eigenvalue weighted by atomic mass is 9.91. The van der Waals surface area contributed by atoms with Crippen LogP contribution in [0.15, 0.2) is 59.7 Å². The van der Waals surface area contributed by atoms with Crippen molar-refractivity contribution in [1.82, 2.24) is 15.5 Å². The number of rotatable bonds is 10. The first kappa shape index (κ1) is 24.6. The number of hydrogen-bond donors (Lipinski definition) is 3. The molecule has 1 aliphatic heterocycles. The molecule has 2 aromatic rings. The Morgan fingerprint density at radius 1 is 1.15 bits per heavy atom. The number of imide groups is 1. The van der Waals surface area contributed by atoms with Gasteiger partial charge in [0.2, 0.25) is 5.91 Å². The Bertz CT molecular complexity index is 1070. The van der Waals surface area contributed by atoms with Gasteiger partial charge in [-0.25, -0.2) is 10.3 Å². The number of esters is 1. The Kier molecular flexibility index (Phi) is 7.72. The fourth-order valence-electron chi connectivity index (χ4n) is 3.78. The smallest absolute Gasteiger partial charge is 0.325 e. The first-order valence-corrected chi connectivity index (χ1v) is 10.8. The number of nitrogens with zero attached hydrogens (tertiary/aromatic N) is 2. The van der Waals surface area contributed by atoms with Gasteiger partial charge in [-0.1, -0.05) is 54.6 Å². The molecule has 0 bridgehead atoms. The Hall–Kier alpha value is -4.08. The lowest BCUT2D eigenvalue weighted by Gasteiger charge is -2.23. The maximum absolute atomic E-state index is 13.1. The van der Waals surface area contributed by atoms with E-state index in [1.807, 2.05) is 6.07 Å². The summed E-state index contributed by atoms with van der Waals surface area (Å²) in [6.07, 6.45) is -0.0849. The van der Waals surface area contributed by atoms with E-state index in [2.05, 4.69) is 15.7 Å². The predicted molar refractivity (Wildman–Crippen MR) is 121 cm³/mol. The van der Waals surface area contributed by atoms with Crippen LogP contribution in [0.1, 0.15) is 43.0 Å². The first-order chi connectivity index (χ1) is 16.3. The average molecular weight is 466 g/mol. The lowest BCUT2D eigenvalue weighted by molar-refractivity contribution is -0.144. The number of ether oxygens (including phenoxy) is 1. The van der Waals surface area contributed by atoms with Crippen molar-refractivity contribution in [1.29, 1.82) is 5.53 Å². The van der Waals surface area contributed by atoms with E-state index in [9.17, 15) is 19.2 Å². The van der Waals surface area contributed by atoms with Crippen LogP contribution >= 0.6 is 0 Å². The van der Waals surface area contributed by atoms with Crippen molar-refractivity contribution in [2.24, 2.45) is 5.11 Å². The van der Waals surface area contributed by atoms with Crippen molar-refractivity contribution in [3.63, 3.8) is 0 Å². The molecule has 0 aromatic heterocycles. The normalized spacial score (nSPS) is 18.2. The molecule has 1 heterocycles. The van der Waals surface area contributed by atoms with Crippen LogP contribution in [0, 0.1) is 5.53 Å². The molecule has 1 saturated heterocycles. The maximum atomic E-state index is 13.1. The number of carbonyl (C=O) groups is 4. The number of nitrogens with one attached hydrogen (secondary N) is 3. The van der Waals surface area contributed by atoms with Crippen LogP contribution in [-0.2, 0) is 31.2 Å². The van der Waals surface area contributed by atoms with E-state index in [0.29, 0.717) is 11.1 Å². The van der Waals surface area contributed by atoms with Gasteiger partial charge < -0.3 is 15.4 Å². The molecule has 0 radical (unpaired) electrons. The standard InChI is InChI=1S/C24H27N5O5/c1-3-34-21(31)13-19(17-7-5-4-6-8-17)27-20(30)15-29-22(32)24(2,28-23(29)33)18-11-9-16(10-12-18)14-26-25/h4-12,19,25H,3,13-15H2,1-2H3,(H,27,30)(H,28,33). The Balaban J connectivity index is 1.72. The van der Waals surface area contributed by atoms with Gasteiger partial charge in [-0.2, -0.15) is 5.11 Å². The van der Waals surface area contributed by atoms with Gasteiger partial charge in [-0.05, 0) is 30.5 Å². The van der Waals surface area contributed by atoms with Crippen molar-refractivity contribution in [3.8, 4) is 0 Å². The summed E-state index contributed by atoms with van der Waals surface area (Å²) in [5.74, 6) is -1.62. The highest BCUT2D eigenvalue weighted by Crippen LogP contribution is 2.29. The summed E-state index contributed by atoms with van der Waals surface area (Å²) in [5, 5.41) is 8.72. The molecule has 1 aliphatic rings. The molecule has 0 spiro atoms. The molecule has 2 aromatic carbocycles. The molecule has 4 amide bonds. The second-order valence-electron chi connectivity index (χ2n) is 8.00. The summed E-state index contributed by atoms with van der Waals surface area (Å²) in [6.45, 7) is 3.21. The Morgan fingerprint density at radius 3 is 2.44 bits per heavy atom. The van der Waals surface area contributed by atoms with Crippen LogP contribution in [0.3, 0.4) is 0 Å². The predicted octanol–water partition coefficient (Wildman–Crippen LogP) is 2.80. The van der Waals surface area contributed by atoms with Gasteiger partial charge in [0.25, 0.3) is 5.91 Å². The van der Waals surface area contributed by atoms with Gasteiger partial charge in [-0.3, -0.25) is 19.3 Å². The topological polar surface area (TPSA) is 141 Å². The van der Waals surface area contributed by atoms with Gasteiger partial charge in [0.05, 0.1) is 25.6 Å². The highest BCUT2D eigenvalue weighted by atomic mass is 16.5. The SMILES string of the molecule is CCOC(=O)CC(NC(=O)CN1C(=O)NC(C)(c2ccc(CN=N)cc2)C1=O)c1ccccc1. The maximum Gasteiger partial charge on any atom is 0.325 e. The molecule has 10 nitrogen and oxygen atoms in total. The number of urea groups is 1. The molecule has 3 rings (SSSR count). The third-order valence-corrected chi connectivity index (χ3v) is 5.58. The molecule has 2 unspecified atom stereocenters.